The molecule has 1 nitrogen and oxygen atoms in total. The largest absolute Gasteiger partial charge is 0.330 e. The molecule has 0 aromatic heterocycles. The Hall–Kier alpha value is -0.890. The molecule has 0 atom stereocenters. The topological polar surface area (TPSA) is 26.0 Å². The zero-order valence-corrected chi connectivity index (χ0v) is 7.31. The summed E-state index contributed by atoms with van der Waals surface area (Å²) in [4.78, 5) is 0. The molecule has 0 bridgehead atoms. The molecule has 0 spiro atoms. The number of rotatable bonds is 3. The van der Waals surface area contributed by atoms with E-state index in [2.05, 4.69) is 0 Å². The molecular weight excluding hydrogens is 153 g/mol. The molecular formula is C10H14FN. The van der Waals surface area contributed by atoms with Crippen LogP contribution in [0.3, 0.4) is 0 Å². The van der Waals surface area contributed by atoms with Gasteiger partial charge in [-0.1, -0.05) is 13.0 Å². The molecule has 0 aliphatic heterocycles. The Kier molecular flexibility index (Phi) is 3.23. The molecule has 2 N–H and O–H groups in total. The highest BCUT2D eigenvalue weighted by Crippen LogP contribution is 2.12. The van der Waals surface area contributed by atoms with Gasteiger partial charge in [-0.2, -0.15) is 0 Å². The second-order valence-corrected chi connectivity index (χ2v) is 2.81. The van der Waals surface area contributed by atoms with E-state index in [0.29, 0.717) is 6.54 Å². The van der Waals surface area contributed by atoms with Crippen LogP contribution in [0.5, 0.6) is 0 Å². The van der Waals surface area contributed by atoms with Crippen LogP contribution in [0.1, 0.15) is 18.1 Å². The molecule has 0 fully saturated rings. The van der Waals surface area contributed by atoms with Gasteiger partial charge in [-0.05, 0) is 42.6 Å². The van der Waals surface area contributed by atoms with E-state index in [1.807, 2.05) is 13.0 Å². The molecule has 0 aliphatic rings. The third-order valence-corrected chi connectivity index (χ3v) is 1.96. The number of halogens is 1. The fourth-order valence-electron chi connectivity index (χ4n) is 1.32. The lowest BCUT2D eigenvalue weighted by Crippen LogP contribution is -2.05. The predicted octanol–water partition coefficient (Wildman–Crippen LogP) is 1.89. The molecule has 0 saturated carbocycles. The maximum atomic E-state index is 12.7. The molecule has 1 aromatic carbocycles. The van der Waals surface area contributed by atoms with E-state index < -0.39 is 0 Å². The fourth-order valence-corrected chi connectivity index (χ4v) is 1.32. The van der Waals surface area contributed by atoms with E-state index in [4.69, 9.17) is 5.73 Å². The standard InChI is InChI=1S/C10H14FN/c1-2-8-7-10(11)4-3-9(8)5-6-12/h3-4,7H,2,5-6,12H2,1H3. The first kappa shape index (κ1) is 9.20. The van der Waals surface area contributed by atoms with Crippen molar-refractivity contribution in [1.29, 1.82) is 0 Å². The van der Waals surface area contributed by atoms with Crippen molar-refractivity contribution in [3.05, 3.63) is 35.1 Å². The normalized spacial score (nSPS) is 10.2. The minimum atomic E-state index is -0.160. The van der Waals surface area contributed by atoms with E-state index in [0.717, 1.165) is 18.4 Å². The van der Waals surface area contributed by atoms with Gasteiger partial charge in [0.2, 0.25) is 0 Å². The first-order chi connectivity index (χ1) is 5.77. The van der Waals surface area contributed by atoms with E-state index in [9.17, 15) is 4.39 Å². The summed E-state index contributed by atoms with van der Waals surface area (Å²) in [6, 6.07) is 4.90. The summed E-state index contributed by atoms with van der Waals surface area (Å²) in [7, 11) is 0. The molecule has 1 aromatic rings. The minimum Gasteiger partial charge on any atom is -0.330 e. The van der Waals surface area contributed by atoms with Crippen LogP contribution < -0.4 is 5.73 Å². The van der Waals surface area contributed by atoms with Gasteiger partial charge in [0.1, 0.15) is 5.82 Å². The van der Waals surface area contributed by atoms with Gasteiger partial charge in [0.15, 0.2) is 0 Å². The van der Waals surface area contributed by atoms with Crippen molar-refractivity contribution >= 4 is 0 Å². The van der Waals surface area contributed by atoms with Crippen LogP contribution in [0.15, 0.2) is 18.2 Å². The Morgan fingerprint density at radius 2 is 2.08 bits per heavy atom. The highest BCUT2D eigenvalue weighted by molar-refractivity contribution is 5.28. The predicted molar refractivity (Wildman–Crippen MR) is 48.5 cm³/mol. The summed E-state index contributed by atoms with van der Waals surface area (Å²) in [5, 5.41) is 0. The van der Waals surface area contributed by atoms with Crippen molar-refractivity contribution in [1.82, 2.24) is 0 Å². The molecule has 66 valence electrons. The Labute approximate surface area is 72.4 Å². The van der Waals surface area contributed by atoms with Crippen molar-refractivity contribution in [2.75, 3.05) is 6.54 Å². The van der Waals surface area contributed by atoms with Crippen LogP contribution in [-0.2, 0) is 12.8 Å². The van der Waals surface area contributed by atoms with Crippen molar-refractivity contribution in [3.63, 3.8) is 0 Å². The van der Waals surface area contributed by atoms with Crippen LogP contribution in [0.4, 0.5) is 4.39 Å². The number of benzene rings is 1. The molecule has 0 amide bonds. The molecule has 0 radical (unpaired) electrons. The van der Waals surface area contributed by atoms with E-state index in [1.165, 1.54) is 11.6 Å². The van der Waals surface area contributed by atoms with Gasteiger partial charge in [-0.3, -0.25) is 0 Å². The van der Waals surface area contributed by atoms with Crippen molar-refractivity contribution in [3.8, 4) is 0 Å². The van der Waals surface area contributed by atoms with Gasteiger partial charge in [0, 0.05) is 0 Å². The van der Waals surface area contributed by atoms with Gasteiger partial charge in [-0.15, -0.1) is 0 Å². The molecule has 2 heteroatoms. The first-order valence-corrected chi connectivity index (χ1v) is 4.25. The Balaban J connectivity index is 2.94. The SMILES string of the molecule is CCc1cc(F)ccc1CCN. The maximum absolute atomic E-state index is 12.7. The molecule has 0 aliphatic carbocycles. The number of hydrogen-bond acceptors (Lipinski definition) is 1. The first-order valence-electron chi connectivity index (χ1n) is 4.25. The highest BCUT2D eigenvalue weighted by Gasteiger charge is 2.00. The lowest BCUT2D eigenvalue weighted by molar-refractivity contribution is 0.624. The summed E-state index contributed by atoms with van der Waals surface area (Å²) < 4.78 is 12.7. The molecule has 0 heterocycles. The van der Waals surface area contributed by atoms with Crippen LogP contribution in [-0.4, -0.2) is 6.54 Å². The summed E-state index contributed by atoms with van der Waals surface area (Å²) in [5.41, 5.74) is 7.67. The van der Waals surface area contributed by atoms with Crippen molar-refractivity contribution < 1.29 is 4.39 Å². The van der Waals surface area contributed by atoms with Gasteiger partial charge in [-0.25, -0.2) is 4.39 Å². The maximum Gasteiger partial charge on any atom is 0.123 e. The Morgan fingerprint density at radius 1 is 1.33 bits per heavy atom. The number of hydrogen-bond donors (Lipinski definition) is 1. The average Bonchev–Trinajstić information content (AvgIpc) is 2.08. The third kappa shape index (κ3) is 2.05. The fraction of sp³-hybridized carbons (Fsp3) is 0.400. The van der Waals surface area contributed by atoms with Crippen molar-refractivity contribution in [2.24, 2.45) is 5.73 Å². The minimum absolute atomic E-state index is 0.160. The zero-order chi connectivity index (χ0) is 8.97. The second-order valence-electron chi connectivity index (χ2n) is 2.81. The monoisotopic (exact) mass is 167 g/mol. The zero-order valence-electron chi connectivity index (χ0n) is 7.31. The van der Waals surface area contributed by atoms with Crippen LogP contribution in [0.2, 0.25) is 0 Å². The molecule has 12 heavy (non-hydrogen) atoms. The summed E-state index contributed by atoms with van der Waals surface area (Å²) in [6.45, 7) is 2.65. The van der Waals surface area contributed by atoms with Gasteiger partial charge >= 0.3 is 0 Å². The molecule has 1 rings (SSSR count). The second kappa shape index (κ2) is 4.21. The average molecular weight is 167 g/mol. The summed E-state index contributed by atoms with van der Waals surface area (Å²) >= 11 is 0. The Bertz CT molecular complexity index is 258. The van der Waals surface area contributed by atoms with Gasteiger partial charge < -0.3 is 5.73 Å². The quantitative estimate of drug-likeness (QED) is 0.731. The van der Waals surface area contributed by atoms with Gasteiger partial charge in [0.05, 0.1) is 0 Å². The summed E-state index contributed by atoms with van der Waals surface area (Å²) in [5.74, 6) is -0.160. The van der Waals surface area contributed by atoms with E-state index in [-0.39, 0.29) is 5.82 Å². The Morgan fingerprint density at radius 3 is 2.67 bits per heavy atom. The number of nitrogens with two attached hydrogens (primary N) is 1. The lowest BCUT2D eigenvalue weighted by Gasteiger charge is -2.05. The molecule has 0 saturated heterocycles. The van der Waals surface area contributed by atoms with Crippen molar-refractivity contribution in [2.45, 2.75) is 19.8 Å². The molecule has 0 unspecified atom stereocenters. The van der Waals surface area contributed by atoms with Crippen LogP contribution in [0, 0.1) is 5.82 Å². The van der Waals surface area contributed by atoms with Gasteiger partial charge in [0.25, 0.3) is 0 Å². The lowest BCUT2D eigenvalue weighted by atomic mass is 10.0. The smallest absolute Gasteiger partial charge is 0.123 e. The van der Waals surface area contributed by atoms with Crippen LogP contribution >= 0.6 is 0 Å². The summed E-state index contributed by atoms with van der Waals surface area (Å²) in [6.07, 6.45) is 1.70. The van der Waals surface area contributed by atoms with E-state index >= 15 is 0 Å². The number of aryl methyl sites for hydroxylation is 1. The third-order valence-electron chi connectivity index (χ3n) is 1.96. The van der Waals surface area contributed by atoms with Crippen LogP contribution in [0.25, 0.3) is 0 Å². The van der Waals surface area contributed by atoms with E-state index in [1.54, 1.807) is 6.07 Å². The highest BCUT2D eigenvalue weighted by atomic mass is 19.1.